The van der Waals surface area contributed by atoms with Gasteiger partial charge < -0.3 is 0 Å². The molecule has 1 heterocycles. The number of hydrogen-bond acceptors (Lipinski definition) is 6. The Balaban J connectivity index is 1.88. The number of carbonyl (C=O) groups is 1. The second-order valence-corrected chi connectivity index (χ2v) is 5.81. The number of amides is 1. The molecule has 0 spiro atoms. The van der Waals surface area contributed by atoms with E-state index in [2.05, 4.69) is 4.98 Å². The van der Waals surface area contributed by atoms with Crippen LogP contribution >= 0.6 is 11.3 Å². The van der Waals surface area contributed by atoms with Crippen molar-refractivity contribution in [3.05, 3.63) is 75.4 Å². The van der Waals surface area contributed by atoms with Crippen LogP contribution in [0.1, 0.15) is 10.4 Å². The Hall–Kier alpha value is -3.17. The van der Waals surface area contributed by atoms with Gasteiger partial charge in [-0.2, -0.15) is 0 Å². The van der Waals surface area contributed by atoms with E-state index in [4.69, 9.17) is 5.84 Å². The zero-order valence-electron chi connectivity index (χ0n) is 12.6. The minimum absolute atomic E-state index is 0.0703. The number of nitro benzene ring substituents is 1. The van der Waals surface area contributed by atoms with E-state index in [1.807, 2.05) is 0 Å². The molecule has 7 nitrogen and oxygen atoms in total. The molecule has 0 saturated carbocycles. The molecule has 0 radical (unpaired) electrons. The summed E-state index contributed by atoms with van der Waals surface area (Å²) in [6, 6.07) is 11.4. The number of nitrogens with two attached hydrogens (primary N) is 1. The highest BCUT2D eigenvalue weighted by Gasteiger charge is 2.21. The van der Waals surface area contributed by atoms with Crippen molar-refractivity contribution >= 4 is 28.1 Å². The average molecular weight is 358 g/mol. The molecule has 25 heavy (non-hydrogen) atoms. The Morgan fingerprint density at radius 2 is 2.00 bits per heavy atom. The summed E-state index contributed by atoms with van der Waals surface area (Å²) in [7, 11) is 0. The van der Waals surface area contributed by atoms with Gasteiger partial charge in [-0.05, 0) is 12.1 Å². The standard InChI is InChI=1S/C16H11FN4O3S/c17-13-7-2-1-6-12(13)15(22)20(18)16-19-14(9-25-16)10-4-3-5-11(8-10)21(23)24/h1-9H,18H2. The first-order valence-electron chi connectivity index (χ1n) is 7.01. The molecule has 0 aliphatic heterocycles. The van der Waals surface area contributed by atoms with Gasteiger partial charge in [0.2, 0.25) is 5.13 Å². The summed E-state index contributed by atoms with van der Waals surface area (Å²) in [5.74, 6) is 4.35. The first kappa shape index (κ1) is 16.7. The molecule has 0 saturated heterocycles. The molecule has 0 aliphatic rings. The van der Waals surface area contributed by atoms with Crippen molar-refractivity contribution in [1.29, 1.82) is 0 Å². The van der Waals surface area contributed by atoms with E-state index in [0.717, 1.165) is 22.4 Å². The largest absolute Gasteiger partial charge is 0.277 e. The number of hydrazine groups is 1. The van der Waals surface area contributed by atoms with Crippen molar-refractivity contribution < 1.29 is 14.1 Å². The first-order valence-corrected chi connectivity index (χ1v) is 7.89. The summed E-state index contributed by atoms with van der Waals surface area (Å²) >= 11 is 1.07. The van der Waals surface area contributed by atoms with Crippen LogP contribution in [-0.4, -0.2) is 15.8 Å². The fourth-order valence-electron chi connectivity index (χ4n) is 2.14. The lowest BCUT2D eigenvalue weighted by Crippen LogP contribution is -2.37. The number of benzene rings is 2. The van der Waals surface area contributed by atoms with Crippen LogP contribution in [0.2, 0.25) is 0 Å². The van der Waals surface area contributed by atoms with Crippen molar-refractivity contribution in [3.8, 4) is 11.3 Å². The predicted octanol–water partition coefficient (Wildman–Crippen LogP) is 3.38. The lowest BCUT2D eigenvalue weighted by molar-refractivity contribution is -0.384. The number of rotatable bonds is 4. The van der Waals surface area contributed by atoms with Gasteiger partial charge in [-0.15, -0.1) is 11.3 Å². The van der Waals surface area contributed by atoms with Crippen molar-refractivity contribution in [1.82, 2.24) is 4.98 Å². The maximum atomic E-state index is 13.7. The summed E-state index contributed by atoms with van der Waals surface area (Å²) in [5.41, 5.74) is 0.708. The van der Waals surface area contributed by atoms with Crippen LogP contribution < -0.4 is 10.9 Å². The van der Waals surface area contributed by atoms with Gasteiger partial charge >= 0.3 is 0 Å². The summed E-state index contributed by atoms with van der Waals surface area (Å²) in [6.07, 6.45) is 0. The summed E-state index contributed by atoms with van der Waals surface area (Å²) in [6.45, 7) is 0. The number of hydrogen-bond donors (Lipinski definition) is 1. The van der Waals surface area contributed by atoms with E-state index in [1.54, 1.807) is 11.4 Å². The van der Waals surface area contributed by atoms with E-state index >= 15 is 0 Å². The number of non-ortho nitro benzene ring substituents is 1. The van der Waals surface area contributed by atoms with Crippen LogP contribution in [0.15, 0.2) is 53.9 Å². The highest BCUT2D eigenvalue weighted by molar-refractivity contribution is 7.14. The molecule has 9 heteroatoms. The van der Waals surface area contributed by atoms with Gasteiger partial charge in [-0.1, -0.05) is 24.3 Å². The van der Waals surface area contributed by atoms with Crippen LogP contribution in [0.3, 0.4) is 0 Å². The third kappa shape index (κ3) is 3.37. The normalized spacial score (nSPS) is 10.5. The fourth-order valence-corrected chi connectivity index (χ4v) is 2.89. The molecular weight excluding hydrogens is 347 g/mol. The number of nitrogens with zero attached hydrogens (tertiary/aromatic N) is 3. The average Bonchev–Trinajstić information content (AvgIpc) is 3.11. The molecule has 0 bridgehead atoms. The van der Waals surface area contributed by atoms with Crippen molar-refractivity contribution in [2.45, 2.75) is 0 Å². The SMILES string of the molecule is NN(C(=O)c1ccccc1F)c1nc(-c2cccc([N+](=O)[O-])c2)cs1. The molecule has 0 fully saturated rings. The molecule has 2 N–H and O–H groups in total. The molecule has 0 unspecified atom stereocenters. The van der Waals surface area contributed by atoms with E-state index in [1.165, 1.54) is 36.4 Å². The van der Waals surface area contributed by atoms with E-state index in [9.17, 15) is 19.3 Å². The Morgan fingerprint density at radius 1 is 1.24 bits per heavy atom. The van der Waals surface area contributed by atoms with Gasteiger partial charge in [0.25, 0.3) is 11.6 Å². The van der Waals surface area contributed by atoms with Crippen LogP contribution in [-0.2, 0) is 0 Å². The number of carbonyl (C=O) groups excluding carboxylic acids is 1. The van der Waals surface area contributed by atoms with Gasteiger partial charge in [-0.25, -0.2) is 20.2 Å². The number of nitro groups is 1. The van der Waals surface area contributed by atoms with E-state index in [-0.39, 0.29) is 16.4 Å². The van der Waals surface area contributed by atoms with Crippen LogP contribution in [0.5, 0.6) is 0 Å². The summed E-state index contributed by atoms with van der Waals surface area (Å²) < 4.78 is 13.7. The Morgan fingerprint density at radius 3 is 2.72 bits per heavy atom. The number of anilines is 1. The van der Waals surface area contributed by atoms with Gasteiger partial charge in [-0.3, -0.25) is 14.9 Å². The predicted molar refractivity (Wildman–Crippen MR) is 91.6 cm³/mol. The third-order valence-corrected chi connectivity index (χ3v) is 4.21. The molecule has 0 aliphatic carbocycles. The lowest BCUT2D eigenvalue weighted by atomic mass is 10.1. The van der Waals surface area contributed by atoms with E-state index < -0.39 is 16.6 Å². The van der Waals surface area contributed by atoms with Gasteiger partial charge in [0.15, 0.2) is 0 Å². The van der Waals surface area contributed by atoms with Gasteiger partial charge in [0.05, 0.1) is 16.2 Å². The molecule has 1 amide bonds. The first-order chi connectivity index (χ1) is 12.0. The molecule has 126 valence electrons. The molecule has 2 aromatic carbocycles. The minimum Gasteiger partial charge on any atom is -0.267 e. The maximum absolute atomic E-state index is 13.7. The van der Waals surface area contributed by atoms with E-state index in [0.29, 0.717) is 11.3 Å². The zero-order valence-corrected chi connectivity index (χ0v) is 13.4. The Labute approximate surface area is 145 Å². The van der Waals surface area contributed by atoms with Crippen LogP contribution in [0.25, 0.3) is 11.3 Å². The highest BCUT2D eigenvalue weighted by atomic mass is 32.1. The Bertz CT molecular complexity index is 960. The second-order valence-electron chi connectivity index (χ2n) is 4.98. The smallest absolute Gasteiger partial charge is 0.267 e. The van der Waals surface area contributed by atoms with Crippen molar-refractivity contribution in [2.75, 3.05) is 5.01 Å². The number of aromatic nitrogens is 1. The maximum Gasteiger partial charge on any atom is 0.277 e. The highest BCUT2D eigenvalue weighted by Crippen LogP contribution is 2.29. The van der Waals surface area contributed by atoms with Gasteiger partial charge in [0.1, 0.15) is 5.82 Å². The summed E-state index contributed by atoms with van der Waals surface area (Å²) in [5, 5.41) is 13.4. The molecule has 3 aromatic rings. The van der Waals surface area contributed by atoms with Crippen LogP contribution in [0.4, 0.5) is 15.2 Å². The van der Waals surface area contributed by atoms with Gasteiger partial charge in [0, 0.05) is 23.1 Å². The minimum atomic E-state index is -0.738. The summed E-state index contributed by atoms with van der Waals surface area (Å²) in [4.78, 5) is 26.9. The number of thiazole rings is 1. The topological polar surface area (TPSA) is 102 Å². The monoisotopic (exact) mass is 358 g/mol. The molecule has 0 atom stereocenters. The zero-order chi connectivity index (χ0) is 18.0. The molecular formula is C16H11FN4O3S. The molecule has 3 rings (SSSR count). The third-order valence-electron chi connectivity index (χ3n) is 3.37. The quantitative estimate of drug-likeness (QED) is 0.333. The second kappa shape index (κ2) is 6.75. The van der Waals surface area contributed by atoms with Crippen molar-refractivity contribution in [3.63, 3.8) is 0 Å². The molecule has 1 aromatic heterocycles. The van der Waals surface area contributed by atoms with Crippen molar-refractivity contribution in [2.24, 2.45) is 5.84 Å². The number of halogens is 1. The Kier molecular flexibility index (Phi) is 4.50. The fraction of sp³-hybridized carbons (Fsp3) is 0. The lowest BCUT2D eigenvalue weighted by Gasteiger charge is -2.13. The van der Waals surface area contributed by atoms with Crippen LogP contribution in [0, 0.1) is 15.9 Å².